The molecule has 28 heavy (non-hydrogen) atoms. The molecule has 1 aliphatic heterocycles. The van der Waals surface area contributed by atoms with E-state index in [2.05, 4.69) is 10.1 Å². The van der Waals surface area contributed by atoms with E-state index in [4.69, 9.17) is 0 Å². The first-order chi connectivity index (χ1) is 13.3. The maximum absolute atomic E-state index is 13.3. The first-order valence-electron chi connectivity index (χ1n) is 9.37. The molecule has 0 N–H and O–H groups in total. The summed E-state index contributed by atoms with van der Waals surface area (Å²) < 4.78 is 4.60. The summed E-state index contributed by atoms with van der Waals surface area (Å²) in [5, 5.41) is 6.37. The van der Waals surface area contributed by atoms with Crippen molar-refractivity contribution in [1.82, 2.24) is 18.7 Å². The van der Waals surface area contributed by atoms with Crippen molar-refractivity contribution in [3.63, 3.8) is 0 Å². The van der Waals surface area contributed by atoms with Crippen LogP contribution in [0.25, 0.3) is 11.2 Å². The molecular formula is C20H24N6O2. The molecule has 4 rings (SSSR count). The van der Waals surface area contributed by atoms with Crippen LogP contribution >= 0.6 is 0 Å². The van der Waals surface area contributed by atoms with Crippen LogP contribution in [0.5, 0.6) is 0 Å². The van der Waals surface area contributed by atoms with Gasteiger partial charge in [0.1, 0.15) is 0 Å². The zero-order valence-electron chi connectivity index (χ0n) is 16.8. The zero-order valence-corrected chi connectivity index (χ0v) is 16.8. The number of aryl methyl sites for hydroxylation is 2. The van der Waals surface area contributed by atoms with Crippen molar-refractivity contribution in [2.24, 2.45) is 12.1 Å². The lowest BCUT2D eigenvalue weighted by atomic mass is 10.1. The van der Waals surface area contributed by atoms with E-state index in [1.54, 1.807) is 12.1 Å². The van der Waals surface area contributed by atoms with Gasteiger partial charge in [-0.25, -0.2) is 9.80 Å². The maximum atomic E-state index is 13.3. The average Bonchev–Trinajstić information content (AvgIpc) is 3.03. The Labute approximate surface area is 162 Å². The highest BCUT2D eigenvalue weighted by molar-refractivity contribution is 5.87. The van der Waals surface area contributed by atoms with Crippen molar-refractivity contribution in [2.75, 3.05) is 5.01 Å². The van der Waals surface area contributed by atoms with Crippen molar-refractivity contribution in [3.05, 3.63) is 56.2 Å². The maximum Gasteiger partial charge on any atom is 0.332 e. The van der Waals surface area contributed by atoms with Crippen LogP contribution in [-0.2, 0) is 20.1 Å². The minimum Gasteiger partial charge on any atom is -0.297 e. The molecule has 0 fully saturated rings. The van der Waals surface area contributed by atoms with Gasteiger partial charge in [-0.2, -0.15) is 10.1 Å². The van der Waals surface area contributed by atoms with Gasteiger partial charge >= 0.3 is 5.69 Å². The summed E-state index contributed by atoms with van der Waals surface area (Å²) in [7, 11) is 1.65. The van der Waals surface area contributed by atoms with Gasteiger partial charge < -0.3 is 0 Å². The molecule has 0 bridgehead atoms. The van der Waals surface area contributed by atoms with Crippen LogP contribution < -0.4 is 16.3 Å². The second-order valence-corrected chi connectivity index (χ2v) is 7.66. The van der Waals surface area contributed by atoms with Crippen LogP contribution in [0.3, 0.4) is 0 Å². The summed E-state index contributed by atoms with van der Waals surface area (Å²) in [6.07, 6.45) is 0. The molecule has 0 spiro atoms. The van der Waals surface area contributed by atoms with Crippen molar-refractivity contribution in [2.45, 2.75) is 46.8 Å². The monoisotopic (exact) mass is 380 g/mol. The summed E-state index contributed by atoms with van der Waals surface area (Å²) in [6, 6.07) is 7.91. The average molecular weight is 380 g/mol. The first kappa shape index (κ1) is 18.2. The third kappa shape index (κ3) is 2.76. The number of anilines is 1. The highest BCUT2D eigenvalue weighted by Gasteiger charge is 2.27. The molecule has 0 radical (unpaired) electrons. The molecule has 0 saturated carbocycles. The van der Waals surface area contributed by atoms with Gasteiger partial charge in [0.2, 0.25) is 5.95 Å². The number of rotatable bonds is 3. The Morgan fingerprint density at radius 3 is 2.43 bits per heavy atom. The van der Waals surface area contributed by atoms with E-state index in [1.165, 1.54) is 9.13 Å². The molecule has 0 unspecified atom stereocenters. The van der Waals surface area contributed by atoms with E-state index in [-0.39, 0.29) is 23.8 Å². The number of benzene rings is 1. The lowest BCUT2D eigenvalue weighted by Crippen LogP contribution is -2.40. The Morgan fingerprint density at radius 1 is 1.11 bits per heavy atom. The van der Waals surface area contributed by atoms with Crippen LogP contribution in [0.1, 0.15) is 31.9 Å². The summed E-state index contributed by atoms with van der Waals surface area (Å²) in [4.78, 5) is 30.8. The molecular weight excluding hydrogens is 356 g/mol. The fourth-order valence-electron chi connectivity index (χ4n) is 3.54. The Kier molecular flexibility index (Phi) is 4.21. The number of nitrogens with zero attached hydrogens (tertiary/aromatic N) is 6. The highest BCUT2D eigenvalue weighted by Crippen LogP contribution is 2.25. The molecule has 1 aliphatic rings. The number of imidazole rings is 1. The minimum absolute atomic E-state index is 0.0811. The van der Waals surface area contributed by atoms with Gasteiger partial charge in [0.15, 0.2) is 11.2 Å². The number of aromatic nitrogens is 4. The second-order valence-electron chi connectivity index (χ2n) is 7.66. The Balaban J connectivity index is 1.95. The van der Waals surface area contributed by atoms with Crippen molar-refractivity contribution < 1.29 is 0 Å². The predicted molar refractivity (Wildman–Crippen MR) is 110 cm³/mol. The van der Waals surface area contributed by atoms with Crippen LogP contribution in [0.4, 0.5) is 5.95 Å². The van der Waals surface area contributed by atoms with Gasteiger partial charge in [-0.15, -0.1) is 0 Å². The lowest BCUT2D eigenvalue weighted by Gasteiger charge is -2.27. The molecule has 146 valence electrons. The van der Waals surface area contributed by atoms with Gasteiger partial charge in [0.25, 0.3) is 5.56 Å². The van der Waals surface area contributed by atoms with E-state index in [0.29, 0.717) is 23.7 Å². The predicted octanol–water partition coefficient (Wildman–Crippen LogP) is 1.86. The van der Waals surface area contributed by atoms with Gasteiger partial charge in [-0.1, -0.05) is 29.8 Å². The SMILES string of the molecule is CC1=NN(C(C)C)c2nc3c(c(=O)n(Cc4ccc(C)cc4)c(=O)n3C)n2C1. The molecule has 8 nitrogen and oxygen atoms in total. The molecule has 3 aromatic rings. The topological polar surface area (TPSA) is 77.4 Å². The first-order valence-corrected chi connectivity index (χ1v) is 9.37. The Morgan fingerprint density at radius 2 is 1.79 bits per heavy atom. The largest absolute Gasteiger partial charge is 0.332 e. The van der Waals surface area contributed by atoms with Gasteiger partial charge in [0, 0.05) is 7.05 Å². The van der Waals surface area contributed by atoms with Gasteiger partial charge in [-0.3, -0.25) is 18.5 Å². The number of hydrogen-bond acceptors (Lipinski definition) is 5. The number of fused-ring (bicyclic) bond motifs is 3. The number of hydrogen-bond donors (Lipinski definition) is 0. The smallest absolute Gasteiger partial charge is 0.297 e. The summed E-state index contributed by atoms with van der Waals surface area (Å²) in [6.45, 7) is 8.66. The third-order valence-corrected chi connectivity index (χ3v) is 5.03. The molecule has 1 aromatic carbocycles. The molecule has 0 aliphatic carbocycles. The molecule has 3 heterocycles. The van der Waals surface area contributed by atoms with Gasteiger partial charge in [0.05, 0.1) is 24.8 Å². The molecule has 8 heteroatoms. The van der Waals surface area contributed by atoms with Gasteiger partial charge in [-0.05, 0) is 33.3 Å². The zero-order chi connectivity index (χ0) is 20.2. The van der Waals surface area contributed by atoms with E-state index >= 15 is 0 Å². The summed E-state index contributed by atoms with van der Waals surface area (Å²) in [5.41, 5.74) is 3.05. The Bertz CT molecular complexity index is 1210. The normalized spacial score (nSPS) is 13.9. The second kappa shape index (κ2) is 6.47. The fourth-order valence-corrected chi connectivity index (χ4v) is 3.54. The quantitative estimate of drug-likeness (QED) is 0.695. The molecule has 0 amide bonds. The lowest BCUT2D eigenvalue weighted by molar-refractivity contribution is 0.640. The molecule has 0 saturated heterocycles. The summed E-state index contributed by atoms with van der Waals surface area (Å²) >= 11 is 0. The van der Waals surface area contributed by atoms with Crippen molar-refractivity contribution in [1.29, 1.82) is 0 Å². The van der Waals surface area contributed by atoms with E-state index < -0.39 is 0 Å². The number of hydrazone groups is 1. The van der Waals surface area contributed by atoms with E-state index in [0.717, 1.165) is 16.8 Å². The molecule has 0 atom stereocenters. The van der Waals surface area contributed by atoms with Crippen LogP contribution in [-0.4, -0.2) is 30.4 Å². The van der Waals surface area contributed by atoms with Crippen molar-refractivity contribution >= 4 is 22.8 Å². The molecule has 2 aromatic heterocycles. The van der Waals surface area contributed by atoms with E-state index in [1.807, 2.05) is 56.5 Å². The van der Waals surface area contributed by atoms with Crippen LogP contribution in [0.2, 0.25) is 0 Å². The highest BCUT2D eigenvalue weighted by atomic mass is 16.2. The Hall–Kier alpha value is -3.16. The van der Waals surface area contributed by atoms with E-state index in [9.17, 15) is 9.59 Å². The third-order valence-electron chi connectivity index (χ3n) is 5.03. The fraction of sp³-hybridized carbons (Fsp3) is 0.400. The van der Waals surface area contributed by atoms with Crippen LogP contribution in [0, 0.1) is 6.92 Å². The van der Waals surface area contributed by atoms with Crippen molar-refractivity contribution in [3.8, 4) is 0 Å². The van der Waals surface area contributed by atoms with Crippen LogP contribution in [0.15, 0.2) is 39.0 Å². The standard InChI is InChI=1S/C20H24N6O2/c1-12(2)26-19-21-17-16(24(19)10-14(4)22-26)18(27)25(20(28)23(17)5)11-15-8-6-13(3)7-9-15/h6-9,12H,10-11H2,1-5H3. The summed E-state index contributed by atoms with van der Waals surface area (Å²) in [5.74, 6) is 0.593. The minimum atomic E-state index is -0.373.